The highest BCUT2D eigenvalue weighted by atomic mass is 19.1. The van der Waals surface area contributed by atoms with Gasteiger partial charge < -0.3 is 0 Å². The second kappa shape index (κ2) is 8.30. The fraction of sp³-hybridized carbons (Fsp3) is 0.125. The van der Waals surface area contributed by atoms with E-state index in [1.54, 1.807) is 18.2 Å². The molecule has 0 radical (unpaired) electrons. The van der Waals surface area contributed by atoms with Crippen LogP contribution in [0, 0.1) is 34.8 Å². The van der Waals surface area contributed by atoms with Gasteiger partial charge in [0.25, 0.3) is 0 Å². The van der Waals surface area contributed by atoms with Crippen LogP contribution in [-0.2, 0) is 6.42 Å². The van der Waals surface area contributed by atoms with Crippen molar-refractivity contribution in [1.29, 1.82) is 5.26 Å². The Morgan fingerprint density at radius 3 is 2.07 bits per heavy atom. The molecule has 0 amide bonds. The second-order valence-electron chi connectivity index (χ2n) is 6.20. The molecular formula is C24H17F2N. The number of hydrogen-bond donors (Lipinski definition) is 0. The maximum absolute atomic E-state index is 14.4. The number of nitrogens with zero attached hydrogens (tertiary/aromatic N) is 1. The normalized spacial score (nSPS) is 10.0. The summed E-state index contributed by atoms with van der Waals surface area (Å²) in [5.74, 6) is 4.40. The smallest absolute Gasteiger partial charge is 0.142 e. The van der Waals surface area contributed by atoms with Gasteiger partial charge in [0.2, 0.25) is 0 Å². The minimum atomic E-state index is -0.633. The maximum atomic E-state index is 14.4. The summed E-state index contributed by atoms with van der Waals surface area (Å²) in [6, 6.07) is 18.8. The molecule has 0 spiro atoms. The molecule has 3 aromatic carbocycles. The van der Waals surface area contributed by atoms with E-state index < -0.39 is 11.6 Å². The maximum Gasteiger partial charge on any atom is 0.142 e. The van der Waals surface area contributed by atoms with Gasteiger partial charge in [-0.05, 0) is 53.4 Å². The van der Waals surface area contributed by atoms with Crippen LogP contribution in [0.2, 0.25) is 0 Å². The molecule has 27 heavy (non-hydrogen) atoms. The van der Waals surface area contributed by atoms with Gasteiger partial charge in [-0.1, -0.05) is 55.5 Å². The molecule has 0 N–H and O–H groups in total. The quantitative estimate of drug-likeness (QED) is 0.539. The number of benzene rings is 3. The standard InChI is InChI=1S/C24H17F2N/c1-2-3-17-4-8-19(9-5-17)21-13-12-20(24(26)15-21)10-6-18-7-11-22(16-27)23(25)14-18/h4-5,7-9,11-15H,2-3H2,1H3. The molecular weight excluding hydrogens is 340 g/mol. The van der Waals surface area contributed by atoms with Crippen LogP contribution in [0.25, 0.3) is 11.1 Å². The van der Waals surface area contributed by atoms with E-state index in [1.807, 2.05) is 18.2 Å². The summed E-state index contributed by atoms with van der Waals surface area (Å²) >= 11 is 0. The van der Waals surface area contributed by atoms with Crippen LogP contribution in [-0.4, -0.2) is 0 Å². The van der Waals surface area contributed by atoms with E-state index in [9.17, 15) is 8.78 Å². The molecule has 0 aliphatic rings. The molecule has 0 unspecified atom stereocenters. The van der Waals surface area contributed by atoms with Crippen molar-refractivity contribution in [2.75, 3.05) is 0 Å². The third kappa shape index (κ3) is 4.40. The molecule has 0 saturated carbocycles. The average molecular weight is 357 g/mol. The lowest BCUT2D eigenvalue weighted by Gasteiger charge is -2.05. The van der Waals surface area contributed by atoms with Crippen LogP contribution in [0.3, 0.4) is 0 Å². The third-order valence-corrected chi connectivity index (χ3v) is 4.23. The Hall–Kier alpha value is -3.43. The van der Waals surface area contributed by atoms with Crippen LogP contribution in [0.1, 0.15) is 35.6 Å². The molecule has 0 aliphatic carbocycles. The van der Waals surface area contributed by atoms with Crippen molar-refractivity contribution in [3.8, 4) is 29.0 Å². The Kier molecular flexibility index (Phi) is 5.64. The predicted octanol–water partition coefficient (Wildman–Crippen LogP) is 5.86. The minimum Gasteiger partial charge on any atom is -0.206 e. The summed E-state index contributed by atoms with van der Waals surface area (Å²) < 4.78 is 28.0. The highest BCUT2D eigenvalue weighted by Gasteiger charge is 2.05. The number of nitriles is 1. The van der Waals surface area contributed by atoms with Crippen molar-refractivity contribution >= 4 is 0 Å². The van der Waals surface area contributed by atoms with Gasteiger partial charge >= 0.3 is 0 Å². The van der Waals surface area contributed by atoms with Crippen LogP contribution in [0.4, 0.5) is 8.78 Å². The lowest BCUT2D eigenvalue weighted by molar-refractivity contribution is 0.623. The third-order valence-electron chi connectivity index (χ3n) is 4.23. The summed E-state index contributed by atoms with van der Waals surface area (Å²) in [5.41, 5.74) is 3.58. The summed E-state index contributed by atoms with van der Waals surface area (Å²) in [5, 5.41) is 8.74. The zero-order chi connectivity index (χ0) is 19.2. The zero-order valence-corrected chi connectivity index (χ0v) is 14.9. The van der Waals surface area contributed by atoms with E-state index in [2.05, 4.69) is 30.9 Å². The molecule has 0 aliphatic heterocycles. The molecule has 0 fully saturated rings. The average Bonchev–Trinajstić information content (AvgIpc) is 2.68. The first kappa shape index (κ1) is 18.4. The summed E-state index contributed by atoms with van der Waals surface area (Å²) in [6.07, 6.45) is 2.11. The fourth-order valence-electron chi connectivity index (χ4n) is 2.77. The summed E-state index contributed by atoms with van der Waals surface area (Å²) in [6.45, 7) is 2.13. The van der Waals surface area contributed by atoms with Crippen molar-refractivity contribution in [2.24, 2.45) is 0 Å². The SMILES string of the molecule is CCCc1ccc(-c2ccc(C#Cc3ccc(C#N)c(F)c3)c(F)c2)cc1. The first-order valence-electron chi connectivity index (χ1n) is 8.71. The molecule has 0 aromatic heterocycles. The fourth-order valence-corrected chi connectivity index (χ4v) is 2.77. The minimum absolute atomic E-state index is 0.0407. The van der Waals surface area contributed by atoms with Gasteiger partial charge in [0.05, 0.1) is 11.1 Å². The molecule has 3 rings (SSSR count). The van der Waals surface area contributed by atoms with Gasteiger partial charge in [0, 0.05) is 5.56 Å². The van der Waals surface area contributed by atoms with Crippen molar-refractivity contribution in [1.82, 2.24) is 0 Å². The van der Waals surface area contributed by atoms with Crippen molar-refractivity contribution in [2.45, 2.75) is 19.8 Å². The molecule has 132 valence electrons. The lowest BCUT2D eigenvalue weighted by atomic mass is 10.0. The second-order valence-corrected chi connectivity index (χ2v) is 6.20. The molecule has 0 atom stereocenters. The number of hydrogen-bond acceptors (Lipinski definition) is 1. The van der Waals surface area contributed by atoms with E-state index in [0.29, 0.717) is 5.56 Å². The van der Waals surface area contributed by atoms with Gasteiger partial charge in [0.15, 0.2) is 0 Å². The molecule has 3 heteroatoms. The van der Waals surface area contributed by atoms with E-state index in [4.69, 9.17) is 5.26 Å². The zero-order valence-electron chi connectivity index (χ0n) is 14.9. The Morgan fingerprint density at radius 2 is 1.44 bits per heavy atom. The monoisotopic (exact) mass is 357 g/mol. The van der Waals surface area contributed by atoms with Crippen LogP contribution >= 0.6 is 0 Å². The molecule has 0 bridgehead atoms. The molecule has 1 nitrogen and oxygen atoms in total. The van der Waals surface area contributed by atoms with Crippen LogP contribution in [0.15, 0.2) is 60.7 Å². The Balaban J connectivity index is 1.83. The van der Waals surface area contributed by atoms with E-state index in [-0.39, 0.29) is 11.1 Å². The van der Waals surface area contributed by atoms with Crippen LogP contribution in [0.5, 0.6) is 0 Å². The van der Waals surface area contributed by atoms with Gasteiger partial charge in [-0.3, -0.25) is 0 Å². The van der Waals surface area contributed by atoms with Gasteiger partial charge in [-0.25, -0.2) is 8.78 Å². The molecule has 3 aromatic rings. The number of aryl methyl sites for hydroxylation is 1. The van der Waals surface area contributed by atoms with E-state index in [0.717, 1.165) is 24.0 Å². The summed E-state index contributed by atoms with van der Waals surface area (Å²) in [4.78, 5) is 0. The van der Waals surface area contributed by atoms with E-state index in [1.165, 1.54) is 23.8 Å². The van der Waals surface area contributed by atoms with Crippen LogP contribution < -0.4 is 0 Å². The van der Waals surface area contributed by atoms with Gasteiger partial charge in [-0.15, -0.1) is 0 Å². The van der Waals surface area contributed by atoms with E-state index >= 15 is 0 Å². The topological polar surface area (TPSA) is 23.8 Å². The van der Waals surface area contributed by atoms with Crippen molar-refractivity contribution < 1.29 is 8.78 Å². The highest BCUT2D eigenvalue weighted by Crippen LogP contribution is 2.22. The van der Waals surface area contributed by atoms with Crippen molar-refractivity contribution in [3.63, 3.8) is 0 Å². The lowest BCUT2D eigenvalue weighted by Crippen LogP contribution is -1.88. The largest absolute Gasteiger partial charge is 0.206 e. The molecule has 0 heterocycles. The molecule has 0 saturated heterocycles. The summed E-state index contributed by atoms with van der Waals surface area (Å²) in [7, 11) is 0. The Morgan fingerprint density at radius 1 is 0.778 bits per heavy atom. The highest BCUT2D eigenvalue weighted by molar-refractivity contribution is 5.65. The van der Waals surface area contributed by atoms with Gasteiger partial charge in [0.1, 0.15) is 17.7 Å². The number of rotatable bonds is 3. The predicted molar refractivity (Wildman–Crippen MR) is 103 cm³/mol. The van der Waals surface area contributed by atoms with Gasteiger partial charge in [-0.2, -0.15) is 5.26 Å². The first-order valence-corrected chi connectivity index (χ1v) is 8.71. The number of halogens is 2. The Bertz CT molecular complexity index is 1060. The van der Waals surface area contributed by atoms with Crippen molar-refractivity contribution in [3.05, 3.63) is 94.6 Å². The Labute approximate surface area is 157 Å². The first-order chi connectivity index (χ1) is 13.1.